The molecule has 0 aliphatic heterocycles. The van der Waals surface area contributed by atoms with Gasteiger partial charge in [0.15, 0.2) is 5.75 Å². The number of ether oxygens (including phenoxy) is 3. The predicted octanol–water partition coefficient (Wildman–Crippen LogP) is 4.02. The average molecular weight is 447 g/mol. The van der Waals surface area contributed by atoms with Crippen molar-refractivity contribution in [3.8, 4) is 22.9 Å². The molecule has 3 rings (SSSR count). The van der Waals surface area contributed by atoms with Gasteiger partial charge >= 0.3 is 5.69 Å². The summed E-state index contributed by atoms with van der Waals surface area (Å²) in [7, 11) is 3.90. The molecule has 0 fully saturated rings. The van der Waals surface area contributed by atoms with Crippen LogP contribution in [0, 0.1) is 17.0 Å². The zero-order valence-electron chi connectivity index (χ0n) is 17.1. The number of nitro groups is 1. The van der Waals surface area contributed by atoms with Gasteiger partial charge in [-0.05, 0) is 25.1 Å². The van der Waals surface area contributed by atoms with E-state index in [4.69, 9.17) is 25.8 Å². The molecule has 0 saturated carbocycles. The van der Waals surface area contributed by atoms with Crippen molar-refractivity contribution in [1.82, 2.24) is 9.78 Å². The van der Waals surface area contributed by atoms with E-state index in [1.165, 1.54) is 32.1 Å². The van der Waals surface area contributed by atoms with Crippen molar-refractivity contribution in [2.75, 3.05) is 26.6 Å². The molecular weight excluding hydrogens is 428 g/mol. The van der Waals surface area contributed by atoms with E-state index in [1.54, 1.807) is 37.3 Å². The summed E-state index contributed by atoms with van der Waals surface area (Å²) < 4.78 is 17.0. The number of amides is 1. The second kappa shape index (κ2) is 8.92. The Bertz CT molecular complexity index is 1160. The van der Waals surface area contributed by atoms with Gasteiger partial charge in [0.1, 0.15) is 11.4 Å². The summed E-state index contributed by atoms with van der Waals surface area (Å²) >= 11 is 6.06. The largest absolute Gasteiger partial charge is 0.493 e. The highest BCUT2D eigenvalue weighted by Crippen LogP contribution is 2.46. The molecule has 10 nitrogen and oxygen atoms in total. The number of benzene rings is 2. The van der Waals surface area contributed by atoms with Crippen LogP contribution >= 0.6 is 11.6 Å². The standard InChI is InChI=1S/C20H19ClN4O6/c1-11-8-16(24(23-11)13-7-5-6-12(21)9-13)22-20(26)14-10-15(29-2)18(30-3)19(31-4)17(14)25(27)28/h5-10H,1-4H3,(H,22,26). The molecular formula is C20H19ClN4O6. The summed E-state index contributed by atoms with van der Waals surface area (Å²) in [6.45, 7) is 1.75. The smallest absolute Gasteiger partial charge is 0.327 e. The van der Waals surface area contributed by atoms with E-state index in [0.29, 0.717) is 22.2 Å². The fourth-order valence-electron chi connectivity index (χ4n) is 3.07. The van der Waals surface area contributed by atoms with E-state index in [0.717, 1.165) is 0 Å². The van der Waals surface area contributed by atoms with Gasteiger partial charge in [0.2, 0.25) is 11.5 Å². The molecule has 11 heteroatoms. The van der Waals surface area contributed by atoms with Gasteiger partial charge in [-0.2, -0.15) is 5.10 Å². The lowest BCUT2D eigenvalue weighted by molar-refractivity contribution is -0.386. The molecule has 0 atom stereocenters. The fraction of sp³-hybridized carbons (Fsp3) is 0.200. The molecule has 0 unspecified atom stereocenters. The highest BCUT2D eigenvalue weighted by molar-refractivity contribution is 6.30. The number of methoxy groups -OCH3 is 3. The number of aryl methyl sites for hydroxylation is 1. The number of carbonyl (C=O) groups excluding carboxylic acids is 1. The first kappa shape index (κ1) is 21.9. The maximum Gasteiger partial charge on any atom is 0.327 e. The minimum Gasteiger partial charge on any atom is -0.493 e. The molecule has 0 bridgehead atoms. The van der Waals surface area contributed by atoms with E-state index in [9.17, 15) is 14.9 Å². The fourth-order valence-corrected chi connectivity index (χ4v) is 3.26. The van der Waals surface area contributed by atoms with Gasteiger partial charge in [-0.1, -0.05) is 17.7 Å². The van der Waals surface area contributed by atoms with Crippen LogP contribution < -0.4 is 19.5 Å². The van der Waals surface area contributed by atoms with E-state index >= 15 is 0 Å². The third-order valence-corrected chi connectivity index (χ3v) is 4.59. The summed E-state index contributed by atoms with van der Waals surface area (Å²) in [4.78, 5) is 24.2. The van der Waals surface area contributed by atoms with Crippen LogP contribution in [0.25, 0.3) is 5.69 Å². The highest BCUT2D eigenvalue weighted by Gasteiger charge is 2.33. The van der Waals surface area contributed by atoms with Crippen LogP contribution in [-0.2, 0) is 0 Å². The van der Waals surface area contributed by atoms with Crippen LogP contribution in [0.1, 0.15) is 16.1 Å². The van der Waals surface area contributed by atoms with Crippen LogP contribution in [0.15, 0.2) is 36.4 Å². The van der Waals surface area contributed by atoms with Crippen LogP contribution in [0.4, 0.5) is 11.5 Å². The number of aromatic nitrogens is 2. The molecule has 2 aromatic carbocycles. The monoisotopic (exact) mass is 446 g/mol. The average Bonchev–Trinajstić information content (AvgIpc) is 3.11. The number of rotatable bonds is 7. The van der Waals surface area contributed by atoms with Gasteiger partial charge in [-0.3, -0.25) is 14.9 Å². The molecule has 0 saturated heterocycles. The lowest BCUT2D eigenvalue weighted by atomic mass is 10.1. The Morgan fingerprint density at radius 1 is 1.13 bits per heavy atom. The molecule has 1 N–H and O–H groups in total. The first-order valence-corrected chi connectivity index (χ1v) is 9.29. The third kappa shape index (κ3) is 4.24. The van der Waals surface area contributed by atoms with E-state index in [2.05, 4.69) is 10.4 Å². The number of nitrogens with zero attached hydrogens (tertiary/aromatic N) is 3. The lowest BCUT2D eigenvalue weighted by Crippen LogP contribution is -2.17. The molecule has 0 aliphatic carbocycles. The summed E-state index contributed by atoms with van der Waals surface area (Å²) in [6.07, 6.45) is 0. The van der Waals surface area contributed by atoms with Crippen LogP contribution in [0.2, 0.25) is 5.02 Å². The Morgan fingerprint density at radius 3 is 2.42 bits per heavy atom. The molecule has 0 spiro atoms. The molecule has 0 aliphatic rings. The van der Waals surface area contributed by atoms with Crippen LogP contribution in [0.3, 0.4) is 0 Å². The number of hydrogen-bond acceptors (Lipinski definition) is 7. The maximum atomic E-state index is 13.1. The zero-order chi connectivity index (χ0) is 22.7. The van der Waals surface area contributed by atoms with E-state index < -0.39 is 16.5 Å². The van der Waals surface area contributed by atoms with Crippen molar-refractivity contribution in [1.29, 1.82) is 0 Å². The second-order valence-electron chi connectivity index (χ2n) is 6.32. The second-order valence-corrected chi connectivity index (χ2v) is 6.75. The van der Waals surface area contributed by atoms with Crippen molar-refractivity contribution < 1.29 is 23.9 Å². The van der Waals surface area contributed by atoms with Crippen LogP contribution in [-0.4, -0.2) is 41.9 Å². The zero-order valence-corrected chi connectivity index (χ0v) is 17.9. The molecule has 162 valence electrons. The van der Waals surface area contributed by atoms with Crippen molar-refractivity contribution in [3.05, 3.63) is 62.8 Å². The van der Waals surface area contributed by atoms with Gasteiger partial charge in [0, 0.05) is 17.2 Å². The molecule has 0 radical (unpaired) electrons. The van der Waals surface area contributed by atoms with Gasteiger partial charge in [-0.15, -0.1) is 0 Å². The Hall–Kier alpha value is -3.79. The minimum absolute atomic E-state index is 0.00747. The van der Waals surface area contributed by atoms with Gasteiger partial charge in [-0.25, -0.2) is 4.68 Å². The van der Waals surface area contributed by atoms with Crippen molar-refractivity contribution in [3.63, 3.8) is 0 Å². The van der Waals surface area contributed by atoms with Gasteiger partial charge in [0.25, 0.3) is 5.91 Å². The third-order valence-electron chi connectivity index (χ3n) is 4.36. The summed E-state index contributed by atoms with van der Waals surface area (Å²) in [6, 6.07) is 9.73. The Kier molecular flexibility index (Phi) is 6.30. The van der Waals surface area contributed by atoms with Crippen molar-refractivity contribution >= 4 is 29.0 Å². The maximum absolute atomic E-state index is 13.1. The van der Waals surface area contributed by atoms with E-state index in [-0.39, 0.29) is 22.8 Å². The Labute approximate surface area is 182 Å². The predicted molar refractivity (Wildman–Crippen MR) is 114 cm³/mol. The molecule has 3 aromatic rings. The topological polar surface area (TPSA) is 118 Å². The quantitative estimate of drug-likeness (QED) is 0.430. The summed E-state index contributed by atoms with van der Waals surface area (Å²) in [5, 5.41) is 19.3. The number of anilines is 1. The first-order valence-electron chi connectivity index (χ1n) is 8.92. The number of halogens is 1. The van der Waals surface area contributed by atoms with Crippen LogP contribution in [0.5, 0.6) is 17.2 Å². The van der Waals surface area contributed by atoms with Gasteiger partial charge < -0.3 is 19.5 Å². The SMILES string of the molecule is COc1cc(C(=O)Nc2cc(C)nn2-c2cccc(Cl)c2)c([N+](=O)[O-])c(OC)c1OC. The number of nitrogens with one attached hydrogen (secondary N) is 1. The lowest BCUT2D eigenvalue weighted by Gasteiger charge is -2.15. The van der Waals surface area contributed by atoms with Crippen molar-refractivity contribution in [2.45, 2.75) is 6.92 Å². The normalized spacial score (nSPS) is 10.5. The summed E-state index contributed by atoms with van der Waals surface area (Å²) in [5.41, 5.74) is 0.407. The number of nitro benzene ring substituents is 1. The van der Waals surface area contributed by atoms with Gasteiger partial charge in [0.05, 0.1) is 37.6 Å². The van der Waals surface area contributed by atoms with E-state index in [1.807, 2.05) is 0 Å². The molecule has 31 heavy (non-hydrogen) atoms. The first-order chi connectivity index (χ1) is 14.8. The summed E-state index contributed by atoms with van der Waals surface area (Å²) in [5.74, 6) is -0.568. The number of hydrogen-bond donors (Lipinski definition) is 1. The highest BCUT2D eigenvalue weighted by atomic mass is 35.5. The van der Waals surface area contributed by atoms with Crippen molar-refractivity contribution in [2.24, 2.45) is 0 Å². The minimum atomic E-state index is -0.755. The molecule has 1 heterocycles. The molecule has 1 aromatic heterocycles. The molecule has 1 amide bonds. The number of carbonyl (C=O) groups is 1. The Balaban J connectivity index is 2.10. The Morgan fingerprint density at radius 2 is 1.84 bits per heavy atom.